The summed E-state index contributed by atoms with van der Waals surface area (Å²) in [6.45, 7) is 9.11. The highest BCUT2D eigenvalue weighted by molar-refractivity contribution is 6.36. The quantitative estimate of drug-likeness (QED) is 0.317. The molecule has 2 aromatic carbocycles. The first kappa shape index (κ1) is 23.5. The van der Waals surface area contributed by atoms with Gasteiger partial charge in [0.15, 0.2) is 0 Å². The minimum atomic E-state index is -0.0193. The van der Waals surface area contributed by atoms with Gasteiger partial charge in [-0.1, -0.05) is 30.3 Å². The number of hydrogen-bond donors (Lipinski definition) is 1. The lowest BCUT2D eigenvalue weighted by atomic mass is 9.93. The minimum absolute atomic E-state index is 0.0193. The summed E-state index contributed by atoms with van der Waals surface area (Å²) in [6.07, 6.45) is 6.76. The Balaban J connectivity index is 1.58. The summed E-state index contributed by atoms with van der Waals surface area (Å²) in [5, 5.41) is 19.9. The standard InChI is InChI=1S/C28H28ClN7O/c1-5-24(37)35-11-9-18(10-12-35)36-17(3)25(26-21-14-30-32-22(21)13-16(2)27(26)29)28(33-36)19-7-6-8-23-20(19)15-31-34(23)4/h5-8,13-15,18H,1,9-12H2,2-4H3,(H,30,32). The molecule has 1 saturated heterocycles. The van der Waals surface area contributed by atoms with Crippen molar-refractivity contribution >= 4 is 39.3 Å². The minimum Gasteiger partial charge on any atom is -0.339 e. The van der Waals surface area contributed by atoms with Crippen LogP contribution in [0, 0.1) is 13.8 Å². The first-order valence-corrected chi connectivity index (χ1v) is 12.8. The topological polar surface area (TPSA) is 84.6 Å². The average molecular weight is 514 g/mol. The molecule has 5 aromatic rings. The molecule has 0 atom stereocenters. The average Bonchev–Trinajstić information content (AvgIpc) is 3.62. The maximum atomic E-state index is 12.2. The number of aromatic nitrogens is 6. The van der Waals surface area contributed by atoms with Crippen molar-refractivity contribution in [2.45, 2.75) is 32.7 Å². The van der Waals surface area contributed by atoms with Crippen LogP contribution in [0.1, 0.15) is 30.1 Å². The highest BCUT2D eigenvalue weighted by Gasteiger charge is 2.30. The Morgan fingerprint density at radius 1 is 1.16 bits per heavy atom. The molecule has 0 radical (unpaired) electrons. The van der Waals surface area contributed by atoms with E-state index in [-0.39, 0.29) is 11.9 Å². The summed E-state index contributed by atoms with van der Waals surface area (Å²) < 4.78 is 4.02. The summed E-state index contributed by atoms with van der Waals surface area (Å²) in [7, 11) is 1.95. The van der Waals surface area contributed by atoms with E-state index in [1.165, 1.54) is 6.08 Å². The molecular formula is C28H28ClN7O. The fraction of sp³-hybridized carbons (Fsp3) is 0.286. The zero-order valence-corrected chi connectivity index (χ0v) is 21.9. The first-order chi connectivity index (χ1) is 17.9. The molecule has 1 aliphatic heterocycles. The van der Waals surface area contributed by atoms with Gasteiger partial charge in [-0.2, -0.15) is 15.3 Å². The number of benzene rings is 2. The fourth-order valence-corrected chi connectivity index (χ4v) is 5.90. The summed E-state index contributed by atoms with van der Waals surface area (Å²) in [4.78, 5) is 14.0. The van der Waals surface area contributed by atoms with E-state index in [1.807, 2.05) is 48.1 Å². The van der Waals surface area contributed by atoms with Gasteiger partial charge in [0.1, 0.15) is 5.69 Å². The number of piperidine rings is 1. The Bertz CT molecular complexity index is 1680. The number of hydrogen-bond acceptors (Lipinski definition) is 4. The summed E-state index contributed by atoms with van der Waals surface area (Å²) in [5.74, 6) is -0.0193. The Morgan fingerprint density at radius 2 is 1.95 bits per heavy atom. The third-order valence-electron chi connectivity index (χ3n) is 7.61. The van der Waals surface area contributed by atoms with Gasteiger partial charge in [-0.25, -0.2) is 0 Å². The normalized spacial score (nSPS) is 14.6. The number of amides is 1. The van der Waals surface area contributed by atoms with Gasteiger partial charge in [0.05, 0.1) is 34.5 Å². The Hall–Kier alpha value is -3.91. The van der Waals surface area contributed by atoms with Crippen LogP contribution in [-0.2, 0) is 11.8 Å². The molecule has 4 heterocycles. The van der Waals surface area contributed by atoms with E-state index < -0.39 is 0 Å². The number of carbonyl (C=O) groups is 1. The monoisotopic (exact) mass is 513 g/mol. The van der Waals surface area contributed by atoms with Gasteiger partial charge in [0, 0.05) is 53.3 Å². The van der Waals surface area contributed by atoms with Crippen LogP contribution >= 0.6 is 11.6 Å². The Labute approximate surface area is 219 Å². The van der Waals surface area contributed by atoms with Crippen LogP contribution in [0.25, 0.3) is 44.2 Å². The van der Waals surface area contributed by atoms with Crippen molar-refractivity contribution in [1.29, 1.82) is 0 Å². The molecule has 3 aromatic heterocycles. The summed E-state index contributed by atoms with van der Waals surface area (Å²) in [6, 6.07) is 8.40. The molecule has 9 heteroatoms. The third-order valence-corrected chi connectivity index (χ3v) is 8.10. The zero-order valence-electron chi connectivity index (χ0n) is 21.1. The van der Waals surface area contributed by atoms with E-state index in [0.717, 1.165) is 68.3 Å². The van der Waals surface area contributed by atoms with Gasteiger partial charge in [-0.15, -0.1) is 0 Å². The van der Waals surface area contributed by atoms with E-state index in [0.29, 0.717) is 18.1 Å². The number of aromatic amines is 1. The van der Waals surface area contributed by atoms with Crippen molar-refractivity contribution in [3.8, 4) is 22.4 Å². The zero-order chi connectivity index (χ0) is 25.8. The van der Waals surface area contributed by atoms with Gasteiger partial charge >= 0.3 is 0 Å². The van der Waals surface area contributed by atoms with Crippen LogP contribution in [0.4, 0.5) is 0 Å². The van der Waals surface area contributed by atoms with Gasteiger partial charge < -0.3 is 4.90 Å². The number of rotatable bonds is 4. The summed E-state index contributed by atoms with van der Waals surface area (Å²) >= 11 is 7.03. The van der Waals surface area contributed by atoms with Crippen molar-refractivity contribution in [1.82, 2.24) is 34.7 Å². The van der Waals surface area contributed by atoms with Crippen molar-refractivity contribution in [2.75, 3.05) is 13.1 Å². The SMILES string of the molecule is C=CC(=O)N1CCC(n2nc(-c3cccc4c3cnn4C)c(-c3c(Cl)c(C)cc4[nH]ncc34)c2C)CC1. The highest BCUT2D eigenvalue weighted by atomic mass is 35.5. The largest absolute Gasteiger partial charge is 0.339 e. The van der Waals surface area contributed by atoms with Crippen molar-refractivity contribution in [2.24, 2.45) is 7.05 Å². The van der Waals surface area contributed by atoms with Crippen LogP contribution in [0.15, 0.2) is 49.3 Å². The number of likely N-dealkylation sites (tertiary alicyclic amines) is 1. The number of fused-ring (bicyclic) bond motifs is 2. The molecule has 1 aliphatic rings. The molecule has 0 aliphatic carbocycles. The number of halogens is 1. The number of nitrogens with zero attached hydrogens (tertiary/aromatic N) is 6. The van der Waals surface area contributed by atoms with Gasteiger partial charge in [-0.05, 0) is 50.5 Å². The van der Waals surface area contributed by atoms with Crippen LogP contribution in [0.2, 0.25) is 5.02 Å². The van der Waals surface area contributed by atoms with Gasteiger partial charge in [0.25, 0.3) is 0 Å². The van der Waals surface area contributed by atoms with E-state index in [4.69, 9.17) is 16.7 Å². The molecular weight excluding hydrogens is 486 g/mol. The summed E-state index contributed by atoms with van der Waals surface area (Å²) in [5.41, 5.74) is 7.81. The number of carbonyl (C=O) groups excluding carboxylic acids is 1. The second-order valence-corrected chi connectivity index (χ2v) is 10.1. The number of H-pyrrole nitrogens is 1. The predicted octanol–water partition coefficient (Wildman–Crippen LogP) is 5.60. The number of nitrogens with one attached hydrogen (secondary N) is 1. The fourth-order valence-electron chi connectivity index (χ4n) is 5.65. The van der Waals surface area contributed by atoms with Crippen molar-refractivity contribution in [3.05, 3.63) is 65.6 Å². The molecule has 0 bridgehead atoms. The Kier molecular flexibility index (Phi) is 5.64. The van der Waals surface area contributed by atoms with Gasteiger partial charge in [0.2, 0.25) is 5.91 Å². The molecule has 8 nitrogen and oxygen atoms in total. The Morgan fingerprint density at radius 3 is 2.70 bits per heavy atom. The molecule has 0 saturated carbocycles. The van der Waals surface area contributed by atoms with Crippen LogP contribution < -0.4 is 0 Å². The molecule has 0 unspecified atom stereocenters. The van der Waals surface area contributed by atoms with Crippen molar-refractivity contribution < 1.29 is 4.79 Å². The van der Waals surface area contributed by atoms with Gasteiger partial charge in [-0.3, -0.25) is 19.3 Å². The molecule has 6 rings (SSSR count). The van der Waals surface area contributed by atoms with E-state index in [1.54, 1.807) is 0 Å². The lowest BCUT2D eigenvalue weighted by Crippen LogP contribution is -2.38. The highest BCUT2D eigenvalue weighted by Crippen LogP contribution is 2.45. The second-order valence-electron chi connectivity index (χ2n) is 9.73. The van der Waals surface area contributed by atoms with E-state index in [2.05, 4.69) is 45.6 Å². The maximum absolute atomic E-state index is 12.2. The third kappa shape index (κ3) is 3.66. The van der Waals surface area contributed by atoms with Crippen LogP contribution in [0.3, 0.4) is 0 Å². The van der Waals surface area contributed by atoms with Crippen LogP contribution in [0.5, 0.6) is 0 Å². The number of aryl methyl sites for hydroxylation is 2. The second kappa shape index (κ2) is 8.88. The smallest absolute Gasteiger partial charge is 0.245 e. The lowest BCUT2D eigenvalue weighted by Gasteiger charge is -2.32. The molecule has 1 amide bonds. The van der Waals surface area contributed by atoms with E-state index >= 15 is 0 Å². The molecule has 188 valence electrons. The molecule has 0 spiro atoms. The molecule has 1 N–H and O–H groups in total. The molecule has 1 fully saturated rings. The predicted molar refractivity (Wildman–Crippen MR) is 147 cm³/mol. The van der Waals surface area contributed by atoms with Crippen LogP contribution in [-0.4, -0.2) is 53.7 Å². The van der Waals surface area contributed by atoms with E-state index in [9.17, 15) is 4.79 Å². The van der Waals surface area contributed by atoms with Crippen molar-refractivity contribution in [3.63, 3.8) is 0 Å². The maximum Gasteiger partial charge on any atom is 0.245 e. The lowest BCUT2D eigenvalue weighted by molar-refractivity contribution is -0.127. The first-order valence-electron chi connectivity index (χ1n) is 12.4. The molecule has 37 heavy (non-hydrogen) atoms.